The topological polar surface area (TPSA) is 82.1 Å². The van der Waals surface area contributed by atoms with Gasteiger partial charge in [-0.15, -0.1) is 0 Å². The summed E-state index contributed by atoms with van der Waals surface area (Å²) < 4.78 is 43.0. The molecular weight excluding hydrogens is 358 g/mol. The number of rotatable bonds is 5. The Kier molecular flexibility index (Phi) is 5.03. The molecule has 0 saturated carbocycles. The molecule has 0 atom stereocenters. The second-order valence-corrected chi connectivity index (χ2v) is 7.48. The van der Waals surface area contributed by atoms with E-state index in [9.17, 15) is 13.2 Å². The summed E-state index contributed by atoms with van der Waals surface area (Å²) in [4.78, 5) is 12.2. The first-order chi connectivity index (χ1) is 12.4. The van der Waals surface area contributed by atoms with Crippen molar-refractivity contribution in [2.45, 2.75) is 11.8 Å². The fourth-order valence-corrected chi connectivity index (χ4v) is 3.83. The minimum Gasteiger partial charge on any atom is -0.486 e. The van der Waals surface area contributed by atoms with Crippen LogP contribution in [0.25, 0.3) is 0 Å². The molecule has 0 amide bonds. The van der Waals surface area contributed by atoms with E-state index in [1.54, 1.807) is 31.2 Å². The Balaban J connectivity index is 1.99. The van der Waals surface area contributed by atoms with Crippen molar-refractivity contribution in [3.05, 3.63) is 48.0 Å². The number of fused-ring (bicyclic) bond motifs is 1. The lowest BCUT2D eigenvalue weighted by Gasteiger charge is -2.23. The fourth-order valence-electron chi connectivity index (χ4n) is 2.60. The largest absolute Gasteiger partial charge is 0.486 e. The van der Waals surface area contributed by atoms with Gasteiger partial charge < -0.3 is 14.2 Å². The Morgan fingerprint density at radius 2 is 1.81 bits per heavy atom. The molecule has 1 aliphatic heterocycles. The van der Waals surface area contributed by atoms with Crippen LogP contribution in [0.3, 0.4) is 0 Å². The molecule has 138 valence electrons. The third-order valence-electron chi connectivity index (χ3n) is 3.91. The van der Waals surface area contributed by atoms with Crippen molar-refractivity contribution in [3.8, 4) is 11.5 Å². The number of nitrogens with zero attached hydrogens (tertiary/aromatic N) is 1. The van der Waals surface area contributed by atoms with Gasteiger partial charge in [-0.1, -0.05) is 12.1 Å². The lowest BCUT2D eigenvalue weighted by molar-refractivity contribution is 0.0527. The molecule has 1 heterocycles. The Labute approximate surface area is 152 Å². The second-order valence-electron chi connectivity index (χ2n) is 5.52. The number of para-hydroxylation sites is 1. The first-order valence-electron chi connectivity index (χ1n) is 8.10. The van der Waals surface area contributed by atoms with Crippen molar-refractivity contribution in [2.24, 2.45) is 0 Å². The highest BCUT2D eigenvalue weighted by molar-refractivity contribution is 7.92. The van der Waals surface area contributed by atoms with Gasteiger partial charge in [0.25, 0.3) is 10.0 Å². The van der Waals surface area contributed by atoms with Crippen LogP contribution in [0.1, 0.15) is 17.3 Å². The highest BCUT2D eigenvalue weighted by Crippen LogP contribution is 2.34. The molecular formula is C18H19NO6S. The molecule has 0 aromatic heterocycles. The van der Waals surface area contributed by atoms with Gasteiger partial charge in [-0.25, -0.2) is 13.2 Å². The van der Waals surface area contributed by atoms with Crippen molar-refractivity contribution in [1.82, 2.24) is 0 Å². The number of esters is 1. The SMILES string of the molecule is CCOC(=O)c1ccccc1N(C)S(=O)(=O)c1ccc2c(c1)OCCO2. The number of hydrogen-bond acceptors (Lipinski definition) is 6. The predicted octanol–water partition coefficient (Wildman–Crippen LogP) is 2.46. The molecule has 0 bridgehead atoms. The van der Waals surface area contributed by atoms with Gasteiger partial charge >= 0.3 is 5.97 Å². The van der Waals surface area contributed by atoms with Crippen LogP contribution in [0.4, 0.5) is 5.69 Å². The molecule has 0 saturated heterocycles. The number of carbonyl (C=O) groups excluding carboxylic acids is 1. The van der Waals surface area contributed by atoms with E-state index in [4.69, 9.17) is 14.2 Å². The number of sulfonamides is 1. The zero-order valence-corrected chi connectivity index (χ0v) is 15.3. The van der Waals surface area contributed by atoms with Crippen LogP contribution in [-0.4, -0.2) is 41.3 Å². The maximum atomic E-state index is 13.0. The zero-order chi connectivity index (χ0) is 18.7. The standard InChI is InChI=1S/C18H19NO6S/c1-3-23-18(20)14-6-4-5-7-15(14)19(2)26(21,22)13-8-9-16-17(12-13)25-11-10-24-16/h4-9,12H,3,10-11H2,1-2H3. The maximum Gasteiger partial charge on any atom is 0.340 e. The van der Waals surface area contributed by atoms with Crippen molar-refractivity contribution < 1.29 is 27.4 Å². The molecule has 8 heteroatoms. The van der Waals surface area contributed by atoms with Crippen molar-refractivity contribution in [2.75, 3.05) is 31.2 Å². The molecule has 0 spiro atoms. The van der Waals surface area contributed by atoms with Crippen LogP contribution in [0.5, 0.6) is 11.5 Å². The summed E-state index contributed by atoms with van der Waals surface area (Å²) in [6, 6.07) is 10.8. The summed E-state index contributed by atoms with van der Waals surface area (Å²) in [5.74, 6) is 0.307. The van der Waals surface area contributed by atoms with Crippen molar-refractivity contribution in [1.29, 1.82) is 0 Å². The molecule has 7 nitrogen and oxygen atoms in total. The summed E-state index contributed by atoms with van der Waals surface area (Å²) >= 11 is 0. The van der Waals surface area contributed by atoms with E-state index in [1.165, 1.54) is 25.2 Å². The molecule has 0 N–H and O–H groups in total. The van der Waals surface area contributed by atoms with Crippen LogP contribution in [0.15, 0.2) is 47.4 Å². The Hall–Kier alpha value is -2.74. The first-order valence-corrected chi connectivity index (χ1v) is 9.54. The van der Waals surface area contributed by atoms with Gasteiger partial charge in [0.05, 0.1) is 22.8 Å². The average molecular weight is 377 g/mol. The van der Waals surface area contributed by atoms with Gasteiger partial charge in [0.2, 0.25) is 0 Å². The van der Waals surface area contributed by atoms with E-state index in [-0.39, 0.29) is 22.8 Å². The highest BCUT2D eigenvalue weighted by Gasteiger charge is 2.27. The predicted molar refractivity (Wildman–Crippen MR) is 95.4 cm³/mol. The van der Waals surface area contributed by atoms with Gasteiger partial charge in [-0.05, 0) is 31.2 Å². The summed E-state index contributed by atoms with van der Waals surface area (Å²) in [6.45, 7) is 2.67. The third kappa shape index (κ3) is 3.32. The minimum absolute atomic E-state index is 0.0444. The van der Waals surface area contributed by atoms with E-state index in [0.29, 0.717) is 24.7 Å². The summed E-state index contributed by atoms with van der Waals surface area (Å²) in [5, 5.41) is 0. The second kappa shape index (κ2) is 7.25. The number of anilines is 1. The molecule has 3 rings (SSSR count). The van der Waals surface area contributed by atoms with Crippen molar-refractivity contribution >= 4 is 21.7 Å². The zero-order valence-electron chi connectivity index (χ0n) is 14.5. The van der Waals surface area contributed by atoms with Crippen LogP contribution < -0.4 is 13.8 Å². The Morgan fingerprint density at radius 1 is 1.12 bits per heavy atom. The van der Waals surface area contributed by atoms with E-state index in [0.717, 1.165) is 4.31 Å². The number of ether oxygens (including phenoxy) is 3. The summed E-state index contributed by atoms with van der Waals surface area (Å²) in [5.41, 5.74) is 0.416. The molecule has 0 radical (unpaired) electrons. The van der Waals surface area contributed by atoms with Crippen LogP contribution in [0.2, 0.25) is 0 Å². The van der Waals surface area contributed by atoms with Gasteiger partial charge in [0.15, 0.2) is 11.5 Å². The van der Waals surface area contributed by atoms with Crippen molar-refractivity contribution in [3.63, 3.8) is 0 Å². The molecule has 26 heavy (non-hydrogen) atoms. The smallest absolute Gasteiger partial charge is 0.340 e. The third-order valence-corrected chi connectivity index (χ3v) is 5.68. The van der Waals surface area contributed by atoms with Crippen LogP contribution in [0, 0.1) is 0 Å². The first kappa shape index (κ1) is 18.1. The lowest BCUT2D eigenvalue weighted by Crippen LogP contribution is -2.28. The summed E-state index contributed by atoms with van der Waals surface area (Å²) in [7, 11) is -2.51. The van der Waals surface area contributed by atoms with E-state index >= 15 is 0 Å². The van der Waals surface area contributed by atoms with E-state index in [2.05, 4.69) is 0 Å². The minimum atomic E-state index is -3.91. The molecule has 0 aliphatic carbocycles. The van der Waals surface area contributed by atoms with E-state index in [1.807, 2.05) is 0 Å². The maximum absolute atomic E-state index is 13.0. The highest BCUT2D eigenvalue weighted by atomic mass is 32.2. The normalized spacial score (nSPS) is 13.2. The fraction of sp³-hybridized carbons (Fsp3) is 0.278. The molecule has 2 aromatic rings. The van der Waals surface area contributed by atoms with Gasteiger partial charge in [0.1, 0.15) is 13.2 Å². The molecule has 2 aromatic carbocycles. The van der Waals surface area contributed by atoms with Gasteiger partial charge in [-0.2, -0.15) is 0 Å². The molecule has 0 fully saturated rings. The van der Waals surface area contributed by atoms with Crippen LogP contribution >= 0.6 is 0 Å². The number of hydrogen-bond donors (Lipinski definition) is 0. The lowest BCUT2D eigenvalue weighted by atomic mass is 10.2. The summed E-state index contributed by atoms with van der Waals surface area (Å²) in [6.07, 6.45) is 0. The number of benzene rings is 2. The average Bonchev–Trinajstić information content (AvgIpc) is 2.67. The van der Waals surface area contributed by atoms with Gasteiger partial charge in [-0.3, -0.25) is 4.31 Å². The van der Waals surface area contributed by atoms with E-state index < -0.39 is 16.0 Å². The van der Waals surface area contributed by atoms with Gasteiger partial charge in [0, 0.05) is 13.1 Å². The molecule has 1 aliphatic rings. The Morgan fingerprint density at radius 3 is 2.54 bits per heavy atom. The number of carbonyl (C=O) groups is 1. The quantitative estimate of drug-likeness (QED) is 0.745. The molecule has 0 unspecified atom stereocenters. The monoisotopic (exact) mass is 377 g/mol. The Bertz CT molecular complexity index is 925. The van der Waals surface area contributed by atoms with Crippen LogP contribution in [-0.2, 0) is 14.8 Å².